The second-order valence-corrected chi connectivity index (χ2v) is 4.49. The van der Waals surface area contributed by atoms with E-state index in [0.717, 1.165) is 10.2 Å². The summed E-state index contributed by atoms with van der Waals surface area (Å²) >= 11 is 3.34. The second kappa shape index (κ2) is 3.28. The van der Waals surface area contributed by atoms with Gasteiger partial charge in [0.05, 0.1) is 0 Å². The van der Waals surface area contributed by atoms with E-state index in [-0.39, 0.29) is 5.75 Å². The Bertz CT molecular complexity index is 476. The molecule has 2 aromatic heterocycles. The van der Waals surface area contributed by atoms with Gasteiger partial charge in [-0.25, -0.2) is 4.98 Å². The first kappa shape index (κ1) is 9.52. The van der Waals surface area contributed by atoms with Crippen molar-refractivity contribution in [2.45, 2.75) is 19.8 Å². The Labute approximate surface area is 90.5 Å². The molecule has 2 rings (SSSR count). The van der Waals surface area contributed by atoms with Crippen LogP contribution in [0.4, 0.5) is 0 Å². The lowest BCUT2D eigenvalue weighted by Gasteiger charge is -2.05. The van der Waals surface area contributed by atoms with E-state index < -0.39 is 0 Å². The first-order valence-electron chi connectivity index (χ1n) is 4.45. The van der Waals surface area contributed by atoms with E-state index in [0.29, 0.717) is 11.6 Å². The summed E-state index contributed by atoms with van der Waals surface area (Å²) in [6, 6.07) is 1.65. The zero-order chi connectivity index (χ0) is 10.3. The van der Waals surface area contributed by atoms with E-state index >= 15 is 0 Å². The first-order chi connectivity index (χ1) is 6.59. The van der Waals surface area contributed by atoms with Crippen LogP contribution in [0, 0.1) is 0 Å². The van der Waals surface area contributed by atoms with Gasteiger partial charge in [0.1, 0.15) is 0 Å². The van der Waals surface area contributed by atoms with Crippen molar-refractivity contribution in [1.29, 1.82) is 0 Å². The van der Waals surface area contributed by atoms with Gasteiger partial charge in [0.2, 0.25) is 0 Å². The summed E-state index contributed by atoms with van der Waals surface area (Å²) in [5, 5.41) is 9.63. The summed E-state index contributed by atoms with van der Waals surface area (Å²) in [7, 11) is 0. The Kier molecular flexibility index (Phi) is 2.23. The molecule has 0 aliphatic heterocycles. The maximum Gasteiger partial charge on any atom is 0.179 e. The van der Waals surface area contributed by atoms with Crippen LogP contribution in [0.5, 0.6) is 5.75 Å². The zero-order valence-corrected chi connectivity index (χ0v) is 9.62. The minimum Gasteiger partial charge on any atom is -0.504 e. The number of aromatic hydroxyl groups is 1. The molecule has 0 amide bonds. The Morgan fingerprint density at radius 1 is 1.50 bits per heavy atom. The molecule has 3 nitrogen and oxygen atoms in total. The Hall–Kier alpha value is -1.03. The number of halogens is 1. The van der Waals surface area contributed by atoms with Crippen molar-refractivity contribution in [3.05, 3.63) is 28.6 Å². The third kappa shape index (κ3) is 1.39. The number of hydrogen-bond donors (Lipinski definition) is 1. The second-order valence-electron chi connectivity index (χ2n) is 3.57. The minimum atomic E-state index is 0.200. The summed E-state index contributed by atoms with van der Waals surface area (Å²) in [6.07, 6.45) is 3.71. The maximum atomic E-state index is 9.63. The van der Waals surface area contributed by atoms with Crippen molar-refractivity contribution < 1.29 is 5.11 Å². The van der Waals surface area contributed by atoms with Gasteiger partial charge in [-0.15, -0.1) is 0 Å². The molecular formula is C10H11BrN2O. The normalized spacial score (nSPS) is 11.4. The van der Waals surface area contributed by atoms with Crippen LogP contribution in [-0.4, -0.2) is 14.5 Å². The van der Waals surface area contributed by atoms with Crippen LogP contribution >= 0.6 is 15.9 Å². The standard InChI is InChI=1S/C10H11BrN2O/c1-6(2)8-4-12-10-9(14)3-7(11)5-13(8)10/h3-6,14H,1-2H3. The van der Waals surface area contributed by atoms with E-state index in [4.69, 9.17) is 0 Å². The highest BCUT2D eigenvalue weighted by Gasteiger charge is 2.10. The predicted molar refractivity (Wildman–Crippen MR) is 58.6 cm³/mol. The maximum absolute atomic E-state index is 9.63. The van der Waals surface area contributed by atoms with Gasteiger partial charge in [0.25, 0.3) is 0 Å². The van der Waals surface area contributed by atoms with Crippen LogP contribution in [-0.2, 0) is 0 Å². The molecule has 4 heteroatoms. The molecule has 0 saturated heterocycles. The molecule has 0 fully saturated rings. The third-order valence-electron chi connectivity index (χ3n) is 2.17. The Balaban J connectivity index is 2.78. The predicted octanol–water partition coefficient (Wildman–Crippen LogP) is 2.93. The van der Waals surface area contributed by atoms with Gasteiger partial charge in [-0.05, 0) is 27.9 Å². The fraction of sp³-hybridized carbons (Fsp3) is 0.300. The number of aromatic nitrogens is 2. The lowest BCUT2D eigenvalue weighted by Crippen LogP contribution is -1.94. The van der Waals surface area contributed by atoms with Gasteiger partial charge in [-0.1, -0.05) is 13.8 Å². The largest absolute Gasteiger partial charge is 0.504 e. The highest BCUT2D eigenvalue weighted by Crippen LogP contribution is 2.26. The summed E-state index contributed by atoms with van der Waals surface area (Å²) in [5.74, 6) is 0.588. The van der Waals surface area contributed by atoms with Gasteiger partial charge in [-0.2, -0.15) is 0 Å². The highest BCUT2D eigenvalue weighted by molar-refractivity contribution is 9.10. The molecule has 0 bridgehead atoms. The van der Waals surface area contributed by atoms with Crippen molar-refractivity contribution in [2.24, 2.45) is 0 Å². The number of hydrogen-bond acceptors (Lipinski definition) is 2. The lowest BCUT2D eigenvalue weighted by atomic mass is 10.1. The van der Waals surface area contributed by atoms with Crippen molar-refractivity contribution in [3.63, 3.8) is 0 Å². The summed E-state index contributed by atoms with van der Waals surface area (Å²) in [5.41, 5.74) is 1.70. The van der Waals surface area contributed by atoms with E-state index in [9.17, 15) is 5.11 Å². The fourth-order valence-electron chi connectivity index (χ4n) is 1.48. The van der Waals surface area contributed by atoms with E-state index in [1.54, 1.807) is 12.3 Å². The van der Waals surface area contributed by atoms with Gasteiger partial charge < -0.3 is 5.11 Å². The SMILES string of the molecule is CC(C)c1cnc2c(O)cc(Br)cn12. The zero-order valence-electron chi connectivity index (χ0n) is 8.03. The Morgan fingerprint density at radius 2 is 2.21 bits per heavy atom. The molecule has 14 heavy (non-hydrogen) atoms. The van der Waals surface area contributed by atoms with Crippen molar-refractivity contribution >= 4 is 21.6 Å². The first-order valence-corrected chi connectivity index (χ1v) is 5.24. The number of imidazole rings is 1. The lowest BCUT2D eigenvalue weighted by molar-refractivity contribution is 0.477. The number of pyridine rings is 1. The minimum absolute atomic E-state index is 0.200. The fourth-order valence-corrected chi connectivity index (χ4v) is 1.90. The number of rotatable bonds is 1. The van der Waals surface area contributed by atoms with Gasteiger partial charge in [0, 0.05) is 22.6 Å². The van der Waals surface area contributed by atoms with E-state index in [1.807, 2.05) is 10.6 Å². The topological polar surface area (TPSA) is 37.5 Å². The molecule has 0 spiro atoms. The van der Waals surface area contributed by atoms with Crippen molar-refractivity contribution in [3.8, 4) is 5.75 Å². The van der Waals surface area contributed by atoms with Gasteiger partial charge in [-0.3, -0.25) is 4.40 Å². The molecule has 74 valence electrons. The molecule has 1 N–H and O–H groups in total. The van der Waals surface area contributed by atoms with E-state index in [1.165, 1.54) is 0 Å². The highest BCUT2D eigenvalue weighted by atomic mass is 79.9. The van der Waals surface area contributed by atoms with Crippen LogP contribution in [0.25, 0.3) is 5.65 Å². The molecule has 0 radical (unpaired) electrons. The van der Waals surface area contributed by atoms with Crippen LogP contribution in [0.2, 0.25) is 0 Å². The average molecular weight is 255 g/mol. The summed E-state index contributed by atoms with van der Waals surface area (Å²) < 4.78 is 2.76. The quantitative estimate of drug-likeness (QED) is 0.850. The molecule has 0 saturated carbocycles. The van der Waals surface area contributed by atoms with Gasteiger partial charge >= 0.3 is 0 Å². The van der Waals surface area contributed by atoms with Crippen LogP contribution < -0.4 is 0 Å². The molecule has 0 unspecified atom stereocenters. The molecule has 0 aromatic carbocycles. The smallest absolute Gasteiger partial charge is 0.179 e. The van der Waals surface area contributed by atoms with Crippen molar-refractivity contribution in [2.75, 3.05) is 0 Å². The van der Waals surface area contributed by atoms with E-state index in [2.05, 4.69) is 34.8 Å². The molecule has 2 aromatic rings. The molecular weight excluding hydrogens is 244 g/mol. The van der Waals surface area contributed by atoms with Crippen LogP contribution in [0.1, 0.15) is 25.5 Å². The third-order valence-corrected chi connectivity index (χ3v) is 2.61. The number of fused-ring (bicyclic) bond motifs is 1. The van der Waals surface area contributed by atoms with Crippen LogP contribution in [0.15, 0.2) is 22.9 Å². The molecule has 0 aliphatic carbocycles. The summed E-state index contributed by atoms with van der Waals surface area (Å²) in [6.45, 7) is 4.20. The monoisotopic (exact) mass is 254 g/mol. The number of nitrogens with zero attached hydrogens (tertiary/aromatic N) is 2. The van der Waals surface area contributed by atoms with Crippen molar-refractivity contribution in [1.82, 2.24) is 9.38 Å². The Morgan fingerprint density at radius 3 is 2.86 bits per heavy atom. The molecule has 0 atom stereocenters. The van der Waals surface area contributed by atoms with Gasteiger partial charge in [0.15, 0.2) is 11.4 Å². The van der Waals surface area contributed by atoms with Crippen LogP contribution in [0.3, 0.4) is 0 Å². The average Bonchev–Trinajstić information content (AvgIpc) is 2.47. The molecule has 0 aliphatic rings. The molecule has 2 heterocycles. The summed E-state index contributed by atoms with van der Waals surface area (Å²) in [4.78, 5) is 4.17.